The van der Waals surface area contributed by atoms with Crippen LogP contribution in [0.4, 0.5) is 17.6 Å². The van der Waals surface area contributed by atoms with Gasteiger partial charge in [-0.25, -0.2) is 4.39 Å². The number of likely N-dealkylation sites (tertiary alicyclic amines) is 1. The molecule has 0 aliphatic carbocycles. The van der Waals surface area contributed by atoms with Gasteiger partial charge in [-0.05, 0) is 38.0 Å². The summed E-state index contributed by atoms with van der Waals surface area (Å²) in [5, 5.41) is 0. The average molecular weight is 332 g/mol. The third kappa shape index (κ3) is 3.62. The van der Waals surface area contributed by atoms with Crippen molar-refractivity contribution < 1.29 is 27.2 Å². The Morgan fingerprint density at radius 3 is 2.48 bits per heavy atom. The van der Waals surface area contributed by atoms with E-state index in [2.05, 4.69) is 0 Å². The summed E-state index contributed by atoms with van der Waals surface area (Å²) >= 11 is 0. The maximum Gasteiger partial charge on any atom is 0.419 e. The zero-order valence-electron chi connectivity index (χ0n) is 12.4. The first-order valence-corrected chi connectivity index (χ1v) is 7.08. The number of rotatable bonds is 2. The summed E-state index contributed by atoms with van der Waals surface area (Å²) in [7, 11) is 0. The van der Waals surface area contributed by atoms with Crippen LogP contribution in [0, 0.1) is 11.7 Å². The standard InChI is InChI=1S/C15H16F4N2O2/c1-8-2-3-10(13(20)22)7-21(8)14(23)9-4-5-12(16)11(6-9)15(17,18)19/h4-6,8,10H,2-3,7H2,1H3,(H2,20,22)/t8-,10+/m0/s1. The summed E-state index contributed by atoms with van der Waals surface area (Å²) in [6.45, 7) is 1.79. The molecule has 0 bridgehead atoms. The molecule has 2 N–H and O–H groups in total. The molecule has 2 rings (SSSR count). The van der Waals surface area contributed by atoms with Crippen LogP contribution in [0.25, 0.3) is 0 Å². The normalized spacial score (nSPS) is 22.0. The molecule has 23 heavy (non-hydrogen) atoms. The molecule has 126 valence electrons. The summed E-state index contributed by atoms with van der Waals surface area (Å²) < 4.78 is 51.6. The lowest BCUT2D eigenvalue weighted by molar-refractivity contribution is -0.140. The highest BCUT2D eigenvalue weighted by atomic mass is 19.4. The summed E-state index contributed by atoms with van der Waals surface area (Å²) in [4.78, 5) is 25.0. The quantitative estimate of drug-likeness (QED) is 0.846. The minimum Gasteiger partial charge on any atom is -0.369 e. The highest BCUT2D eigenvalue weighted by molar-refractivity contribution is 5.95. The van der Waals surface area contributed by atoms with Crippen molar-refractivity contribution in [2.45, 2.75) is 32.0 Å². The van der Waals surface area contributed by atoms with Gasteiger partial charge < -0.3 is 10.6 Å². The smallest absolute Gasteiger partial charge is 0.369 e. The van der Waals surface area contributed by atoms with E-state index in [1.807, 2.05) is 0 Å². The van der Waals surface area contributed by atoms with E-state index < -0.39 is 35.3 Å². The molecule has 1 saturated heterocycles. The number of alkyl halides is 3. The van der Waals surface area contributed by atoms with E-state index in [1.54, 1.807) is 6.92 Å². The van der Waals surface area contributed by atoms with Gasteiger partial charge in [0.15, 0.2) is 0 Å². The van der Waals surface area contributed by atoms with Crippen LogP contribution in [0.3, 0.4) is 0 Å². The molecule has 1 aromatic carbocycles. The molecule has 2 amide bonds. The monoisotopic (exact) mass is 332 g/mol. The van der Waals surface area contributed by atoms with Crippen molar-refractivity contribution >= 4 is 11.8 Å². The van der Waals surface area contributed by atoms with Crippen LogP contribution in [0.1, 0.15) is 35.7 Å². The van der Waals surface area contributed by atoms with Crippen LogP contribution in [-0.2, 0) is 11.0 Å². The van der Waals surface area contributed by atoms with E-state index in [-0.39, 0.29) is 18.2 Å². The van der Waals surface area contributed by atoms with Crippen molar-refractivity contribution in [1.82, 2.24) is 4.90 Å². The van der Waals surface area contributed by atoms with Gasteiger partial charge in [0.25, 0.3) is 5.91 Å². The van der Waals surface area contributed by atoms with Crippen LogP contribution in [-0.4, -0.2) is 29.3 Å². The average Bonchev–Trinajstić information content (AvgIpc) is 2.46. The fraction of sp³-hybridized carbons (Fsp3) is 0.467. The van der Waals surface area contributed by atoms with Gasteiger partial charge in [0.1, 0.15) is 5.82 Å². The maximum atomic E-state index is 13.3. The second-order valence-corrected chi connectivity index (χ2v) is 5.68. The maximum absolute atomic E-state index is 13.3. The Balaban J connectivity index is 2.31. The SMILES string of the molecule is C[C@H]1CC[C@@H](C(N)=O)CN1C(=O)c1ccc(F)c(C(F)(F)F)c1. The van der Waals surface area contributed by atoms with Gasteiger partial charge in [0, 0.05) is 18.2 Å². The second-order valence-electron chi connectivity index (χ2n) is 5.68. The van der Waals surface area contributed by atoms with Crippen LogP contribution >= 0.6 is 0 Å². The van der Waals surface area contributed by atoms with Crippen molar-refractivity contribution in [2.75, 3.05) is 6.54 Å². The third-order valence-corrected chi connectivity index (χ3v) is 4.06. The molecule has 8 heteroatoms. The van der Waals surface area contributed by atoms with E-state index >= 15 is 0 Å². The summed E-state index contributed by atoms with van der Waals surface area (Å²) in [6.07, 6.45) is -3.84. The van der Waals surface area contributed by atoms with Gasteiger partial charge in [-0.15, -0.1) is 0 Å². The van der Waals surface area contributed by atoms with Crippen molar-refractivity contribution in [3.63, 3.8) is 0 Å². The van der Waals surface area contributed by atoms with E-state index in [4.69, 9.17) is 5.73 Å². The lowest BCUT2D eigenvalue weighted by Gasteiger charge is -2.37. The fourth-order valence-electron chi connectivity index (χ4n) is 2.66. The summed E-state index contributed by atoms with van der Waals surface area (Å²) in [5.74, 6) is -3.19. The summed E-state index contributed by atoms with van der Waals surface area (Å²) in [6, 6.07) is 1.89. The molecule has 1 aromatic rings. The molecule has 1 fully saturated rings. The highest BCUT2D eigenvalue weighted by Crippen LogP contribution is 2.32. The predicted octanol–water partition coefficient (Wildman–Crippen LogP) is 2.57. The molecule has 0 unspecified atom stereocenters. The first-order valence-electron chi connectivity index (χ1n) is 7.08. The minimum atomic E-state index is -4.89. The highest BCUT2D eigenvalue weighted by Gasteiger charge is 2.36. The molecule has 0 saturated carbocycles. The van der Waals surface area contributed by atoms with Gasteiger partial charge in [0.05, 0.1) is 11.5 Å². The van der Waals surface area contributed by atoms with E-state index in [0.29, 0.717) is 25.0 Å². The van der Waals surface area contributed by atoms with E-state index in [9.17, 15) is 27.2 Å². The molecular formula is C15H16F4N2O2. The Labute approximate surface area is 130 Å². The van der Waals surface area contributed by atoms with Gasteiger partial charge in [-0.1, -0.05) is 0 Å². The zero-order valence-corrected chi connectivity index (χ0v) is 12.4. The molecule has 2 atom stereocenters. The third-order valence-electron chi connectivity index (χ3n) is 4.06. The van der Waals surface area contributed by atoms with Crippen LogP contribution in [0.2, 0.25) is 0 Å². The Morgan fingerprint density at radius 2 is 1.91 bits per heavy atom. The number of hydrogen-bond donors (Lipinski definition) is 1. The molecule has 0 spiro atoms. The number of piperidine rings is 1. The molecule has 1 aliphatic rings. The molecular weight excluding hydrogens is 316 g/mol. The minimum absolute atomic E-state index is 0.0497. The van der Waals surface area contributed by atoms with Gasteiger partial charge in [0.2, 0.25) is 5.91 Å². The van der Waals surface area contributed by atoms with Crippen molar-refractivity contribution in [1.29, 1.82) is 0 Å². The lowest BCUT2D eigenvalue weighted by Crippen LogP contribution is -2.48. The van der Waals surface area contributed by atoms with E-state index in [0.717, 1.165) is 6.07 Å². The Morgan fingerprint density at radius 1 is 1.26 bits per heavy atom. The molecule has 0 radical (unpaired) electrons. The summed E-state index contributed by atoms with van der Waals surface area (Å²) in [5.41, 5.74) is 3.49. The first-order chi connectivity index (χ1) is 10.6. The first kappa shape index (κ1) is 17.2. The molecule has 4 nitrogen and oxygen atoms in total. The number of benzene rings is 1. The Hall–Kier alpha value is -2.12. The van der Waals surface area contributed by atoms with Crippen LogP contribution < -0.4 is 5.73 Å². The fourth-order valence-corrected chi connectivity index (χ4v) is 2.66. The molecule has 1 aliphatic heterocycles. The second kappa shape index (κ2) is 6.17. The van der Waals surface area contributed by atoms with Crippen molar-refractivity contribution in [3.8, 4) is 0 Å². The van der Waals surface area contributed by atoms with Crippen LogP contribution in [0.15, 0.2) is 18.2 Å². The van der Waals surface area contributed by atoms with E-state index in [1.165, 1.54) is 4.90 Å². The zero-order chi connectivity index (χ0) is 17.4. The number of hydrogen-bond acceptors (Lipinski definition) is 2. The van der Waals surface area contributed by atoms with Gasteiger partial charge in [-0.3, -0.25) is 9.59 Å². The number of carbonyl (C=O) groups is 2. The number of amides is 2. The topological polar surface area (TPSA) is 63.4 Å². The predicted molar refractivity (Wildman–Crippen MR) is 73.8 cm³/mol. The van der Waals surface area contributed by atoms with Gasteiger partial charge >= 0.3 is 6.18 Å². The van der Waals surface area contributed by atoms with Crippen LogP contribution in [0.5, 0.6) is 0 Å². The number of nitrogens with two attached hydrogens (primary N) is 1. The number of nitrogens with zero attached hydrogens (tertiary/aromatic N) is 1. The molecule has 0 aromatic heterocycles. The molecule has 1 heterocycles. The Kier molecular flexibility index (Phi) is 4.63. The number of halogens is 4. The van der Waals surface area contributed by atoms with Gasteiger partial charge in [-0.2, -0.15) is 13.2 Å². The lowest BCUT2D eigenvalue weighted by atomic mass is 9.92. The largest absolute Gasteiger partial charge is 0.419 e. The Bertz CT molecular complexity index is 630. The number of carbonyl (C=O) groups excluding carboxylic acids is 2. The van der Waals surface area contributed by atoms with Crippen molar-refractivity contribution in [3.05, 3.63) is 35.1 Å². The number of primary amides is 1. The van der Waals surface area contributed by atoms with Crippen molar-refractivity contribution in [2.24, 2.45) is 11.7 Å².